The molecule has 2 unspecified atom stereocenters. The van der Waals surface area contributed by atoms with Crippen LogP contribution in [0.1, 0.15) is 41.5 Å². The van der Waals surface area contributed by atoms with Crippen molar-refractivity contribution in [3.8, 4) is 0 Å². The summed E-state index contributed by atoms with van der Waals surface area (Å²) in [5, 5.41) is 0. The minimum absolute atomic E-state index is 0.396. The molecule has 0 aliphatic heterocycles. The van der Waals surface area contributed by atoms with Crippen LogP contribution in [-0.2, 0) is 4.57 Å². The summed E-state index contributed by atoms with van der Waals surface area (Å²) in [7, 11) is -1.39. The van der Waals surface area contributed by atoms with Crippen molar-refractivity contribution in [2.45, 2.75) is 52.9 Å². The Labute approximate surface area is 77.7 Å². The fourth-order valence-electron chi connectivity index (χ4n) is 1.07. The largest absolute Gasteiger partial charge is 0.326 e. The van der Waals surface area contributed by atoms with E-state index in [2.05, 4.69) is 41.5 Å². The van der Waals surface area contributed by atoms with Gasteiger partial charge in [-0.2, -0.15) is 0 Å². The SMILES string of the molecule is CC(C)C(C)[PH](=O)C(C)C(C)C. The Kier molecular flexibility index (Phi) is 5.16. The normalized spacial score (nSPS) is 19.7. The molecule has 2 atom stereocenters. The minimum atomic E-state index is -1.39. The van der Waals surface area contributed by atoms with Gasteiger partial charge in [-0.15, -0.1) is 0 Å². The van der Waals surface area contributed by atoms with Crippen LogP contribution in [0.25, 0.3) is 0 Å². The molecule has 74 valence electrons. The molecule has 0 N–H and O–H groups in total. The van der Waals surface area contributed by atoms with Crippen LogP contribution < -0.4 is 0 Å². The van der Waals surface area contributed by atoms with Gasteiger partial charge in [0.25, 0.3) is 0 Å². The maximum absolute atomic E-state index is 11.9. The monoisotopic (exact) mass is 190 g/mol. The first-order valence-corrected chi connectivity index (χ1v) is 6.48. The van der Waals surface area contributed by atoms with E-state index < -0.39 is 7.80 Å². The third-order valence-electron chi connectivity index (χ3n) is 2.90. The Morgan fingerprint density at radius 2 is 1.00 bits per heavy atom. The molecule has 2 heteroatoms. The summed E-state index contributed by atoms with van der Waals surface area (Å²) in [4.78, 5) is 0. The molecule has 0 rings (SSSR count). The Morgan fingerprint density at radius 3 is 1.17 bits per heavy atom. The van der Waals surface area contributed by atoms with Gasteiger partial charge in [0.15, 0.2) is 0 Å². The van der Waals surface area contributed by atoms with Crippen molar-refractivity contribution in [1.82, 2.24) is 0 Å². The zero-order valence-electron chi connectivity index (χ0n) is 9.22. The van der Waals surface area contributed by atoms with Crippen molar-refractivity contribution in [3.63, 3.8) is 0 Å². The van der Waals surface area contributed by atoms with Crippen LogP contribution in [0.15, 0.2) is 0 Å². The lowest BCUT2D eigenvalue weighted by atomic mass is 10.1. The molecule has 0 aromatic rings. The average Bonchev–Trinajstić information content (AvgIpc) is 2.00. The fraction of sp³-hybridized carbons (Fsp3) is 1.00. The molecule has 0 fully saturated rings. The number of rotatable bonds is 4. The van der Waals surface area contributed by atoms with Gasteiger partial charge in [0, 0.05) is 11.3 Å². The summed E-state index contributed by atoms with van der Waals surface area (Å²) in [5.74, 6) is 1.11. The van der Waals surface area contributed by atoms with Gasteiger partial charge in [0.05, 0.1) is 7.80 Å². The zero-order valence-corrected chi connectivity index (χ0v) is 10.2. The molecule has 0 aliphatic rings. The Bertz CT molecular complexity index is 136. The first-order chi connectivity index (χ1) is 5.37. The zero-order chi connectivity index (χ0) is 9.89. The van der Waals surface area contributed by atoms with Crippen LogP contribution in [0.3, 0.4) is 0 Å². The van der Waals surface area contributed by atoms with Crippen molar-refractivity contribution in [2.75, 3.05) is 0 Å². The van der Waals surface area contributed by atoms with Crippen molar-refractivity contribution in [3.05, 3.63) is 0 Å². The van der Waals surface area contributed by atoms with E-state index in [9.17, 15) is 4.57 Å². The number of hydrogen-bond acceptors (Lipinski definition) is 1. The van der Waals surface area contributed by atoms with Gasteiger partial charge in [0.1, 0.15) is 0 Å². The molecular formula is C10H23OP. The standard InChI is InChI=1S/C10H23OP/c1-7(2)9(5)12(11)10(6)8(3)4/h7-10,12H,1-6H3. The van der Waals surface area contributed by atoms with Crippen LogP contribution in [0.2, 0.25) is 0 Å². The van der Waals surface area contributed by atoms with E-state index in [4.69, 9.17) is 0 Å². The van der Waals surface area contributed by atoms with Crippen molar-refractivity contribution in [1.29, 1.82) is 0 Å². The van der Waals surface area contributed by atoms with Gasteiger partial charge >= 0.3 is 0 Å². The van der Waals surface area contributed by atoms with E-state index in [1.165, 1.54) is 0 Å². The molecule has 0 amide bonds. The molecule has 0 saturated heterocycles. The van der Waals surface area contributed by atoms with Gasteiger partial charge < -0.3 is 4.57 Å². The summed E-state index contributed by atoms with van der Waals surface area (Å²) >= 11 is 0. The van der Waals surface area contributed by atoms with Crippen molar-refractivity contribution < 1.29 is 4.57 Å². The fourth-order valence-corrected chi connectivity index (χ4v) is 3.22. The maximum atomic E-state index is 11.9. The van der Waals surface area contributed by atoms with Crippen LogP contribution in [0.5, 0.6) is 0 Å². The minimum Gasteiger partial charge on any atom is -0.326 e. The highest BCUT2D eigenvalue weighted by molar-refractivity contribution is 7.46. The van der Waals surface area contributed by atoms with E-state index in [0.717, 1.165) is 0 Å². The molecule has 0 spiro atoms. The molecule has 0 radical (unpaired) electrons. The van der Waals surface area contributed by atoms with Crippen molar-refractivity contribution >= 4 is 7.80 Å². The van der Waals surface area contributed by atoms with Crippen molar-refractivity contribution in [2.24, 2.45) is 11.8 Å². The number of hydrogen-bond donors (Lipinski definition) is 0. The van der Waals surface area contributed by atoms with Gasteiger partial charge in [-0.25, -0.2) is 0 Å². The molecule has 1 nitrogen and oxygen atoms in total. The second-order valence-electron chi connectivity index (χ2n) is 4.47. The predicted octanol–water partition coefficient (Wildman–Crippen LogP) is 3.64. The summed E-state index contributed by atoms with van der Waals surface area (Å²) in [6.07, 6.45) is 0. The Balaban J connectivity index is 4.19. The quantitative estimate of drug-likeness (QED) is 0.618. The Morgan fingerprint density at radius 1 is 0.750 bits per heavy atom. The van der Waals surface area contributed by atoms with Crippen LogP contribution in [0, 0.1) is 11.8 Å². The van der Waals surface area contributed by atoms with E-state index >= 15 is 0 Å². The first-order valence-electron chi connectivity index (χ1n) is 4.91. The lowest BCUT2D eigenvalue weighted by Crippen LogP contribution is -2.15. The summed E-state index contributed by atoms with van der Waals surface area (Å²) in [6, 6.07) is 0. The molecule has 0 aromatic heterocycles. The predicted molar refractivity (Wildman–Crippen MR) is 57.6 cm³/mol. The third-order valence-corrected chi connectivity index (χ3v) is 6.03. The van der Waals surface area contributed by atoms with Crippen LogP contribution in [-0.4, -0.2) is 11.3 Å². The summed E-state index contributed by atoms with van der Waals surface area (Å²) in [5.41, 5.74) is 0.791. The summed E-state index contributed by atoms with van der Waals surface area (Å²) < 4.78 is 11.9. The van der Waals surface area contributed by atoms with E-state index in [0.29, 0.717) is 23.2 Å². The van der Waals surface area contributed by atoms with E-state index in [-0.39, 0.29) is 0 Å². The highest BCUT2D eigenvalue weighted by Gasteiger charge is 2.22. The first kappa shape index (κ1) is 12.2. The van der Waals surface area contributed by atoms with Gasteiger partial charge in [-0.3, -0.25) is 0 Å². The molecule has 0 saturated carbocycles. The van der Waals surface area contributed by atoms with Gasteiger partial charge in [0.2, 0.25) is 0 Å². The maximum Gasteiger partial charge on any atom is 0.0820 e. The molecule has 0 aliphatic carbocycles. The van der Waals surface area contributed by atoms with E-state index in [1.807, 2.05) is 0 Å². The molecule has 0 heterocycles. The smallest absolute Gasteiger partial charge is 0.0820 e. The second-order valence-corrected chi connectivity index (χ2v) is 7.09. The topological polar surface area (TPSA) is 17.1 Å². The molecule has 12 heavy (non-hydrogen) atoms. The van der Waals surface area contributed by atoms with Gasteiger partial charge in [-0.1, -0.05) is 41.5 Å². The van der Waals surface area contributed by atoms with E-state index in [1.54, 1.807) is 0 Å². The lowest BCUT2D eigenvalue weighted by Gasteiger charge is -2.22. The highest BCUT2D eigenvalue weighted by atomic mass is 31.1. The molecule has 0 aromatic carbocycles. The lowest BCUT2D eigenvalue weighted by molar-refractivity contribution is 0.523. The third kappa shape index (κ3) is 3.31. The molecule has 0 bridgehead atoms. The molecular weight excluding hydrogens is 167 g/mol. The highest BCUT2D eigenvalue weighted by Crippen LogP contribution is 2.40. The average molecular weight is 190 g/mol. The van der Waals surface area contributed by atoms with Crippen LogP contribution >= 0.6 is 7.80 Å². The van der Waals surface area contributed by atoms with Gasteiger partial charge in [-0.05, 0) is 11.8 Å². The Hall–Kier alpha value is 0.230. The van der Waals surface area contributed by atoms with Crippen LogP contribution in [0.4, 0.5) is 0 Å². The summed E-state index contributed by atoms with van der Waals surface area (Å²) in [6.45, 7) is 12.8. The second kappa shape index (κ2) is 5.07.